The van der Waals surface area contributed by atoms with Gasteiger partial charge in [0.1, 0.15) is 11.0 Å². The van der Waals surface area contributed by atoms with Gasteiger partial charge in [-0.2, -0.15) is 0 Å². The summed E-state index contributed by atoms with van der Waals surface area (Å²) in [5.41, 5.74) is 1.76. The Bertz CT molecular complexity index is 923. The molecule has 0 fully saturated rings. The summed E-state index contributed by atoms with van der Waals surface area (Å²) in [5.74, 6) is 1.64. The molecule has 2 unspecified atom stereocenters. The lowest BCUT2D eigenvalue weighted by Gasteiger charge is -2.23. The van der Waals surface area contributed by atoms with Crippen molar-refractivity contribution < 1.29 is 9.47 Å². The summed E-state index contributed by atoms with van der Waals surface area (Å²) in [6.45, 7) is 8.87. The lowest BCUT2D eigenvalue weighted by molar-refractivity contribution is 0.172. The molecule has 1 aromatic carbocycles. The zero-order chi connectivity index (χ0) is 24.2. The van der Waals surface area contributed by atoms with Crippen molar-refractivity contribution in [1.82, 2.24) is 9.97 Å². The average Bonchev–Trinajstić information content (AvgIpc) is 2.85. The first-order valence-electron chi connectivity index (χ1n) is 13.6. The van der Waals surface area contributed by atoms with Gasteiger partial charge in [-0.3, -0.25) is 9.97 Å². The van der Waals surface area contributed by atoms with E-state index in [9.17, 15) is 0 Å². The number of hydrogen-bond donors (Lipinski definition) is 0. The van der Waals surface area contributed by atoms with E-state index in [2.05, 4.69) is 49.8 Å². The summed E-state index contributed by atoms with van der Waals surface area (Å²) in [7, 11) is 0. The quantitative estimate of drug-likeness (QED) is 0.157. The first-order chi connectivity index (χ1) is 16.7. The van der Waals surface area contributed by atoms with E-state index in [1.807, 2.05) is 24.5 Å². The molecule has 0 N–H and O–H groups in total. The SMILES string of the molecule is CCCCCCCC(C)Oc1c(OC(C)CCCCCCC)c2cccnc2c2ncccc12. The van der Waals surface area contributed by atoms with Crippen molar-refractivity contribution in [3.63, 3.8) is 0 Å². The summed E-state index contributed by atoms with van der Waals surface area (Å²) in [5, 5.41) is 1.97. The molecule has 0 saturated carbocycles. The van der Waals surface area contributed by atoms with E-state index in [1.54, 1.807) is 0 Å². The fourth-order valence-electron chi connectivity index (χ4n) is 4.62. The van der Waals surface area contributed by atoms with E-state index in [1.165, 1.54) is 64.2 Å². The monoisotopic (exact) mass is 464 g/mol. The minimum absolute atomic E-state index is 0.117. The Labute approximate surface area is 206 Å². The van der Waals surface area contributed by atoms with Crippen LogP contribution in [0.2, 0.25) is 0 Å². The van der Waals surface area contributed by atoms with Gasteiger partial charge in [-0.1, -0.05) is 65.2 Å². The van der Waals surface area contributed by atoms with Crippen molar-refractivity contribution >= 4 is 21.8 Å². The topological polar surface area (TPSA) is 44.2 Å². The molecule has 2 heterocycles. The summed E-state index contributed by atoms with van der Waals surface area (Å²) in [6.07, 6.45) is 18.7. The summed E-state index contributed by atoms with van der Waals surface area (Å²) < 4.78 is 13.3. The molecule has 2 atom stereocenters. The predicted molar refractivity (Wildman–Crippen MR) is 144 cm³/mol. The number of hydrogen-bond acceptors (Lipinski definition) is 4. The van der Waals surface area contributed by atoms with Crippen LogP contribution < -0.4 is 9.47 Å². The van der Waals surface area contributed by atoms with Crippen molar-refractivity contribution in [2.24, 2.45) is 0 Å². The van der Waals surface area contributed by atoms with E-state index < -0.39 is 0 Å². The van der Waals surface area contributed by atoms with Gasteiger partial charge < -0.3 is 9.47 Å². The molecular weight excluding hydrogens is 420 g/mol. The molecule has 4 nitrogen and oxygen atoms in total. The minimum atomic E-state index is 0.117. The van der Waals surface area contributed by atoms with Crippen molar-refractivity contribution in [3.05, 3.63) is 36.7 Å². The molecule has 4 heteroatoms. The van der Waals surface area contributed by atoms with Gasteiger partial charge in [0.2, 0.25) is 0 Å². The molecule has 34 heavy (non-hydrogen) atoms. The van der Waals surface area contributed by atoms with Crippen LogP contribution in [0.5, 0.6) is 11.5 Å². The molecule has 0 spiro atoms. The number of benzene rings is 1. The van der Waals surface area contributed by atoms with Gasteiger partial charge in [-0.05, 0) is 63.8 Å². The minimum Gasteiger partial charge on any atom is -0.486 e. The maximum atomic E-state index is 6.64. The molecule has 3 aromatic rings. The second-order valence-electron chi connectivity index (χ2n) is 9.72. The molecule has 3 rings (SSSR count). The van der Waals surface area contributed by atoms with Crippen LogP contribution >= 0.6 is 0 Å². The van der Waals surface area contributed by atoms with Crippen molar-refractivity contribution in [1.29, 1.82) is 0 Å². The fraction of sp³-hybridized carbons (Fsp3) is 0.600. The highest BCUT2D eigenvalue weighted by molar-refractivity contribution is 6.09. The molecular formula is C30H44N2O2. The molecule has 0 radical (unpaired) electrons. The number of fused-ring (bicyclic) bond motifs is 3. The van der Waals surface area contributed by atoms with Gasteiger partial charge in [0.15, 0.2) is 11.5 Å². The molecule has 0 aliphatic carbocycles. The van der Waals surface area contributed by atoms with Crippen LogP contribution in [0.4, 0.5) is 0 Å². The number of nitrogens with zero attached hydrogens (tertiary/aromatic N) is 2. The zero-order valence-electron chi connectivity index (χ0n) is 21.8. The van der Waals surface area contributed by atoms with Gasteiger partial charge in [0.05, 0.1) is 12.2 Å². The fourth-order valence-corrected chi connectivity index (χ4v) is 4.62. The average molecular weight is 465 g/mol. The smallest absolute Gasteiger partial charge is 0.171 e. The molecule has 0 saturated heterocycles. The van der Waals surface area contributed by atoms with Crippen LogP contribution in [0, 0.1) is 0 Å². The third kappa shape index (κ3) is 7.32. The van der Waals surface area contributed by atoms with Gasteiger partial charge >= 0.3 is 0 Å². The Morgan fingerprint density at radius 2 is 1.03 bits per heavy atom. The molecule has 0 amide bonds. The summed E-state index contributed by atoms with van der Waals surface area (Å²) >= 11 is 0. The Balaban J connectivity index is 1.85. The molecule has 186 valence electrons. The Hall–Kier alpha value is -2.36. The lowest BCUT2D eigenvalue weighted by Crippen LogP contribution is -2.16. The van der Waals surface area contributed by atoms with E-state index in [0.717, 1.165) is 46.1 Å². The zero-order valence-corrected chi connectivity index (χ0v) is 21.8. The highest BCUT2D eigenvalue weighted by Gasteiger charge is 2.21. The van der Waals surface area contributed by atoms with E-state index >= 15 is 0 Å². The van der Waals surface area contributed by atoms with Crippen LogP contribution in [-0.4, -0.2) is 22.2 Å². The van der Waals surface area contributed by atoms with Crippen LogP contribution in [0.25, 0.3) is 21.8 Å². The normalized spacial score (nSPS) is 13.3. The second-order valence-corrected chi connectivity index (χ2v) is 9.72. The molecule has 0 aliphatic rings. The first-order valence-corrected chi connectivity index (χ1v) is 13.6. The molecule has 0 bridgehead atoms. The van der Waals surface area contributed by atoms with E-state index in [-0.39, 0.29) is 12.2 Å². The molecule has 0 aliphatic heterocycles. The number of ether oxygens (including phenoxy) is 2. The highest BCUT2D eigenvalue weighted by Crippen LogP contribution is 2.43. The number of aromatic nitrogens is 2. The lowest BCUT2D eigenvalue weighted by atomic mass is 10.1. The van der Waals surface area contributed by atoms with Crippen molar-refractivity contribution in [2.45, 2.75) is 117 Å². The van der Waals surface area contributed by atoms with E-state index in [0.29, 0.717) is 0 Å². The van der Waals surface area contributed by atoms with Gasteiger partial charge in [0, 0.05) is 23.2 Å². The van der Waals surface area contributed by atoms with Crippen molar-refractivity contribution in [2.75, 3.05) is 0 Å². The van der Waals surface area contributed by atoms with Crippen LogP contribution in [0.3, 0.4) is 0 Å². The standard InChI is InChI=1S/C30H44N2O2/c1-5-7-9-11-13-17-23(3)33-29-25-19-15-21-31-27(25)28-26(20-16-22-32-28)30(29)34-24(4)18-14-12-10-8-6-2/h15-16,19-24H,5-14,17-18H2,1-4H3. The second kappa shape index (κ2) is 14.1. The summed E-state index contributed by atoms with van der Waals surface area (Å²) in [4.78, 5) is 9.35. The maximum Gasteiger partial charge on any atom is 0.171 e. The largest absolute Gasteiger partial charge is 0.486 e. The third-order valence-corrected chi connectivity index (χ3v) is 6.60. The number of unbranched alkanes of at least 4 members (excludes halogenated alkanes) is 8. The first kappa shape index (κ1) is 26.2. The van der Waals surface area contributed by atoms with Gasteiger partial charge in [0.25, 0.3) is 0 Å². The molecule has 2 aromatic heterocycles. The predicted octanol–water partition coefficient (Wildman–Crippen LogP) is 9.04. The Morgan fingerprint density at radius 3 is 1.44 bits per heavy atom. The Morgan fingerprint density at radius 1 is 0.618 bits per heavy atom. The van der Waals surface area contributed by atoms with Gasteiger partial charge in [-0.15, -0.1) is 0 Å². The van der Waals surface area contributed by atoms with Crippen LogP contribution in [0.15, 0.2) is 36.7 Å². The van der Waals surface area contributed by atoms with Crippen LogP contribution in [-0.2, 0) is 0 Å². The van der Waals surface area contributed by atoms with Gasteiger partial charge in [-0.25, -0.2) is 0 Å². The summed E-state index contributed by atoms with van der Waals surface area (Å²) in [6, 6.07) is 8.12. The van der Waals surface area contributed by atoms with Crippen LogP contribution in [0.1, 0.15) is 105 Å². The maximum absolute atomic E-state index is 6.64. The van der Waals surface area contributed by atoms with E-state index in [4.69, 9.17) is 9.47 Å². The number of rotatable bonds is 16. The number of pyridine rings is 2. The highest BCUT2D eigenvalue weighted by atomic mass is 16.5. The Kier molecular flexibility index (Phi) is 10.9. The van der Waals surface area contributed by atoms with Crippen molar-refractivity contribution in [3.8, 4) is 11.5 Å². The third-order valence-electron chi connectivity index (χ3n) is 6.60.